The van der Waals surface area contributed by atoms with Gasteiger partial charge in [0.05, 0.1) is 6.61 Å². The summed E-state index contributed by atoms with van der Waals surface area (Å²) in [6, 6.07) is 4.55. The number of rotatable bonds is 7. The van der Waals surface area contributed by atoms with Gasteiger partial charge in [-0.15, -0.1) is 0 Å². The molecule has 102 valence electrons. The Morgan fingerprint density at radius 3 is 2.67 bits per heavy atom. The number of ether oxygens (including phenoxy) is 1. The average Bonchev–Trinajstić information content (AvgIpc) is 2.35. The summed E-state index contributed by atoms with van der Waals surface area (Å²) in [5, 5.41) is 3.30. The minimum absolute atomic E-state index is 0.221. The second-order valence-electron chi connectivity index (χ2n) is 4.63. The molecule has 1 aromatic carbocycles. The molecule has 0 heterocycles. The van der Waals surface area contributed by atoms with Crippen LogP contribution in [0.5, 0.6) is 0 Å². The van der Waals surface area contributed by atoms with Crippen molar-refractivity contribution in [3.63, 3.8) is 0 Å². The zero-order chi connectivity index (χ0) is 13.5. The van der Waals surface area contributed by atoms with Crippen LogP contribution in [0, 0.1) is 17.6 Å². The van der Waals surface area contributed by atoms with Crippen LogP contribution in [0.2, 0.25) is 0 Å². The van der Waals surface area contributed by atoms with Crippen molar-refractivity contribution in [3.05, 3.63) is 35.4 Å². The number of hydrogen-bond acceptors (Lipinski definition) is 2. The molecule has 2 unspecified atom stereocenters. The molecule has 0 amide bonds. The molecule has 2 nitrogen and oxygen atoms in total. The third-order valence-corrected chi connectivity index (χ3v) is 3.20. The molecular weight excluding hydrogens is 236 g/mol. The number of halogens is 2. The summed E-state index contributed by atoms with van der Waals surface area (Å²) >= 11 is 0. The van der Waals surface area contributed by atoms with Crippen LogP contribution >= 0.6 is 0 Å². The van der Waals surface area contributed by atoms with Crippen LogP contribution in [-0.4, -0.2) is 26.3 Å². The molecule has 1 rings (SSSR count). The lowest BCUT2D eigenvalue weighted by Gasteiger charge is -2.21. The molecule has 0 radical (unpaired) electrons. The number of methoxy groups -OCH3 is 1. The number of benzene rings is 1. The van der Waals surface area contributed by atoms with E-state index in [1.165, 1.54) is 0 Å². The Morgan fingerprint density at radius 1 is 1.28 bits per heavy atom. The summed E-state index contributed by atoms with van der Waals surface area (Å²) in [6.45, 7) is 5.46. The Balaban J connectivity index is 2.53. The molecule has 1 aromatic rings. The molecule has 0 aromatic heterocycles. The first-order chi connectivity index (χ1) is 8.56. The molecule has 1 N–H and O–H groups in total. The molecule has 0 saturated carbocycles. The van der Waals surface area contributed by atoms with Crippen LogP contribution in [0.25, 0.3) is 0 Å². The smallest absolute Gasteiger partial charge is 0.162 e. The SMILES string of the molecule is COCCNC(C)C(C)Cc1cccc(F)c1F. The molecule has 0 saturated heterocycles. The van der Waals surface area contributed by atoms with E-state index in [-0.39, 0.29) is 12.0 Å². The monoisotopic (exact) mass is 257 g/mol. The molecule has 0 spiro atoms. The molecule has 4 heteroatoms. The van der Waals surface area contributed by atoms with Gasteiger partial charge in [-0.05, 0) is 30.9 Å². The minimum atomic E-state index is -0.778. The Kier molecular flexibility index (Phi) is 6.22. The Morgan fingerprint density at radius 2 is 2.00 bits per heavy atom. The van der Waals surface area contributed by atoms with E-state index in [0.717, 1.165) is 12.6 Å². The summed E-state index contributed by atoms with van der Waals surface area (Å²) < 4.78 is 31.5. The van der Waals surface area contributed by atoms with E-state index in [9.17, 15) is 8.78 Å². The zero-order valence-corrected chi connectivity index (χ0v) is 11.2. The van der Waals surface area contributed by atoms with Crippen molar-refractivity contribution in [3.8, 4) is 0 Å². The summed E-state index contributed by atoms with van der Waals surface area (Å²) in [6.07, 6.45) is 0.519. The highest BCUT2D eigenvalue weighted by molar-refractivity contribution is 5.19. The highest BCUT2D eigenvalue weighted by Crippen LogP contribution is 2.17. The maximum absolute atomic E-state index is 13.5. The zero-order valence-electron chi connectivity index (χ0n) is 11.2. The molecule has 0 fully saturated rings. The van der Waals surface area contributed by atoms with Crippen molar-refractivity contribution in [2.24, 2.45) is 5.92 Å². The quantitative estimate of drug-likeness (QED) is 0.758. The van der Waals surface area contributed by atoms with Gasteiger partial charge in [0.25, 0.3) is 0 Å². The van der Waals surface area contributed by atoms with E-state index in [1.54, 1.807) is 19.2 Å². The van der Waals surface area contributed by atoms with E-state index in [1.807, 2.05) is 13.8 Å². The third-order valence-electron chi connectivity index (χ3n) is 3.20. The van der Waals surface area contributed by atoms with Gasteiger partial charge >= 0.3 is 0 Å². The normalized spacial score (nSPS) is 14.5. The maximum Gasteiger partial charge on any atom is 0.162 e. The fraction of sp³-hybridized carbons (Fsp3) is 0.571. The van der Waals surface area contributed by atoms with Gasteiger partial charge in [0.1, 0.15) is 0 Å². The van der Waals surface area contributed by atoms with Crippen molar-refractivity contribution < 1.29 is 13.5 Å². The molecule has 0 aliphatic rings. The van der Waals surface area contributed by atoms with Crippen LogP contribution in [-0.2, 0) is 11.2 Å². The van der Waals surface area contributed by atoms with Gasteiger partial charge in [-0.2, -0.15) is 0 Å². The van der Waals surface area contributed by atoms with E-state index < -0.39 is 11.6 Å². The van der Waals surface area contributed by atoms with E-state index >= 15 is 0 Å². The third kappa shape index (κ3) is 4.35. The first-order valence-electron chi connectivity index (χ1n) is 6.21. The Labute approximate surface area is 107 Å². The van der Waals surface area contributed by atoms with Crippen molar-refractivity contribution in [1.29, 1.82) is 0 Å². The first kappa shape index (κ1) is 15.1. The van der Waals surface area contributed by atoms with Crippen molar-refractivity contribution in [2.45, 2.75) is 26.3 Å². The first-order valence-corrected chi connectivity index (χ1v) is 6.21. The topological polar surface area (TPSA) is 21.3 Å². The second-order valence-corrected chi connectivity index (χ2v) is 4.63. The summed E-state index contributed by atoms with van der Waals surface area (Å²) in [5.74, 6) is -1.29. The molecular formula is C14H21F2NO. The molecule has 2 atom stereocenters. The number of hydrogen-bond donors (Lipinski definition) is 1. The van der Waals surface area contributed by atoms with E-state index in [2.05, 4.69) is 5.32 Å². The lowest BCUT2D eigenvalue weighted by molar-refractivity contribution is 0.192. The number of nitrogens with one attached hydrogen (secondary N) is 1. The van der Waals surface area contributed by atoms with Gasteiger partial charge in [0.2, 0.25) is 0 Å². The summed E-state index contributed by atoms with van der Waals surface area (Å²) in [7, 11) is 1.65. The van der Waals surface area contributed by atoms with Gasteiger partial charge in [-0.25, -0.2) is 8.78 Å². The van der Waals surface area contributed by atoms with Crippen LogP contribution in [0.4, 0.5) is 8.78 Å². The second kappa shape index (κ2) is 7.44. The predicted molar refractivity (Wildman–Crippen MR) is 68.6 cm³/mol. The summed E-state index contributed by atoms with van der Waals surface area (Å²) in [5.41, 5.74) is 0.433. The maximum atomic E-state index is 13.5. The van der Waals surface area contributed by atoms with Crippen LogP contribution in [0.1, 0.15) is 19.4 Å². The van der Waals surface area contributed by atoms with Crippen molar-refractivity contribution >= 4 is 0 Å². The van der Waals surface area contributed by atoms with Crippen molar-refractivity contribution in [1.82, 2.24) is 5.32 Å². The van der Waals surface area contributed by atoms with Gasteiger partial charge in [0.15, 0.2) is 11.6 Å². The van der Waals surface area contributed by atoms with Crippen molar-refractivity contribution in [2.75, 3.05) is 20.3 Å². The Bertz CT molecular complexity index is 371. The van der Waals surface area contributed by atoms with Crippen LogP contribution in [0.15, 0.2) is 18.2 Å². The summed E-state index contributed by atoms with van der Waals surface area (Å²) in [4.78, 5) is 0. The lowest BCUT2D eigenvalue weighted by atomic mass is 9.94. The fourth-order valence-electron chi connectivity index (χ4n) is 1.82. The van der Waals surface area contributed by atoms with Crippen LogP contribution in [0.3, 0.4) is 0 Å². The van der Waals surface area contributed by atoms with Crippen LogP contribution < -0.4 is 5.32 Å². The highest BCUT2D eigenvalue weighted by Gasteiger charge is 2.15. The Hall–Kier alpha value is -1.00. The largest absolute Gasteiger partial charge is 0.383 e. The van der Waals surface area contributed by atoms with E-state index in [4.69, 9.17) is 4.74 Å². The molecule has 18 heavy (non-hydrogen) atoms. The molecule has 0 bridgehead atoms. The van der Waals surface area contributed by atoms with Gasteiger partial charge < -0.3 is 10.1 Å². The fourth-order valence-corrected chi connectivity index (χ4v) is 1.82. The highest BCUT2D eigenvalue weighted by atomic mass is 19.2. The van der Waals surface area contributed by atoms with Gasteiger partial charge in [0, 0.05) is 19.7 Å². The van der Waals surface area contributed by atoms with E-state index in [0.29, 0.717) is 18.6 Å². The van der Waals surface area contributed by atoms with Gasteiger partial charge in [-0.3, -0.25) is 0 Å². The lowest BCUT2D eigenvalue weighted by Crippen LogP contribution is -2.35. The average molecular weight is 257 g/mol. The van der Waals surface area contributed by atoms with Gasteiger partial charge in [-0.1, -0.05) is 19.1 Å². The predicted octanol–water partition coefficient (Wildman–Crippen LogP) is 2.77. The molecule has 0 aliphatic carbocycles. The standard InChI is InChI=1S/C14H21F2NO/c1-10(11(2)17-7-8-18-3)9-12-5-4-6-13(15)14(12)16/h4-6,10-11,17H,7-9H2,1-3H3. The molecule has 0 aliphatic heterocycles. The minimum Gasteiger partial charge on any atom is -0.383 e.